The van der Waals surface area contributed by atoms with Gasteiger partial charge in [-0.2, -0.15) is 5.11 Å². The van der Waals surface area contributed by atoms with E-state index >= 15 is 0 Å². The molecule has 0 spiro atoms. The van der Waals surface area contributed by atoms with Crippen LogP contribution in [0.15, 0.2) is 34.5 Å². The summed E-state index contributed by atoms with van der Waals surface area (Å²) < 4.78 is 16.5. The van der Waals surface area contributed by atoms with Gasteiger partial charge in [-0.25, -0.2) is 0 Å². The van der Waals surface area contributed by atoms with E-state index < -0.39 is 11.6 Å². The smallest absolute Gasteiger partial charge is 0.321 e. The number of rotatable bonds is 3. The monoisotopic (exact) mass is 236 g/mol. The van der Waals surface area contributed by atoms with Gasteiger partial charge in [-0.1, -0.05) is 12.1 Å². The fraction of sp³-hybridized carbons (Fsp3) is 0.500. The summed E-state index contributed by atoms with van der Waals surface area (Å²) in [6.45, 7) is 3.65. The number of methoxy groups -OCH3 is 2. The van der Waals surface area contributed by atoms with E-state index in [1.807, 2.05) is 38.1 Å². The molecular weight excluding hydrogens is 220 g/mol. The van der Waals surface area contributed by atoms with E-state index in [0.29, 0.717) is 11.3 Å². The van der Waals surface area contributed by atoms with Crippen molar-refractivity contribution in [3.8, 4) is 5.75 Å². The van der Waals surface area contributed by atoms with Gasteiger partial charge in [0.05, 0.1) is 12.7 Å². The van der Waals surface area contributed by atoms with Crippen LogP contribution in [-0.2, 0) is 15.4 Å². The molecule has 2 rings (SSSR count). The summed E-state index contributed by atoms with van der Waals surface area (Å²) in [5.74, 6) is -0.554. The van der Waals surface area contributed by atoms with Gasteiger partial charge in [-0.05, 0) is 26.0 Å². The van der Waals surface area contributed by atoms with Gasteiger partial charge >= 0.3 is 5.91 Å². The van der Waals surface area contributed by atoms with Crippen molar-refractivity contribution in [3.63, 3.8) is 0 Å². The molecule has 0 aromatic heterocycles. The van der Waals surface area contributed by atoms with Gasteiger partial charge in [0.15, 0.2) is 5.72 Å². The number of hydrogen-bond donors (Lipinski definition) is 0. The Balaban J connectivity index is 2.47. The number of benzene rings is 1. The van der Waals surface area contributed by atoms with Crippen LogP contribution in [0.1, 0.15) is 19.4 Å². The highest BCUT2D eigenvalue weighted by Crippen LogP contribution is 2.43. The largest absolute Gasteiger partial charge is 0.496 e. The first-order valence-corrected chi connectivity index (χ1v) is 5.36. The van der Waals surface area contributed by atoms with Crippen LogP contribution in [0, 0.1) is 0 Å². The molecule has 1 unspecified atom stereocenters. The summed E-state index contributed by atoms with van der Waals surface area (Å²) in [6.07, 6.45) is 0. The summed E-state index contributed by atoms with van der Waals surface area (Å²) in [7, 11) is 3.13. The minimum absolute atomic E-state index is 0.658. The van der Waals surface area contributed by atoms with E-state index in [4.69, 9.17) is 14.2 Å². The van der Waals surface area contributed by atoms with E-state index in [-0.39, 0.29) is 0 Å². The molecule has 1 aromatic carbocycles. The van der Waals surface area contributed by atoms with Gasteiger partial charge in [0, 0.05) is 7.11 Å². The molecule has 0 saturated heterocycles. The average Bonchev–Trinajstić information content (AvgIpc) is 2.66. The molecular formula is C12H16N2O3. The van der Waals surface area contributed by atoms with E-state index in [1.54, 1.807) is 7.11 Å². The van der Waals surface area contributed by atoms with Crippen molar-refractivity contribution in [2.75, 3.05) is 14.2 Å². The molecule has 5 nitrogen and oxygen atoms in total. The predicted molar refractivity (Wildman–Crippen MR) is 61.7 cm³/mol. The zero-order chi connectivity index (χ0) is 12.5. The first-order valence-electron chi connectivity index (χ1n) is 5.36. The Morgan fingerprint density at radius 1 is 1.12 bits per heavy atom. The second kappa shape index (κ2) is 4.09. The molecule has 0 amide bonds. The van der Waals surface area contributed by atoms with Crippen molar-refractivity contribution in [1.82, 2.24) is 0 Å². The van der Waals surface area contributed by atoms with Crippen LogP contribution in [0.4, 0.5) is 0 Å². The lowest BCUT2D eigenvalue weighted by Crippen LogP contribution is -2.33. The van der Waals surface area contributed by atoms with Gasteiger partial charge in [0.25, 0.3) is 0 Å². The Labute approximate surface area is 100 Å². The summed E-state index contributed by atoms with van der Waals surface area (Å²) in [6, 6.07) is 7.44. The first-order chi connectivity index (χ1) is 8.03. The van der Waals surface area contributed by atoms with Gasteiger partial charge in [-0.15, -0.1) is 5.11 Å². The Morgan fingerprint density at radius 2 is 1.82 bits per heavy atom. The lowest BCUT2D eigenvalue weighted by atomic mass is 10.1. The molecule has 0 fully saturated rings. The Morgan fingerprint density at radius 3 is 2.35 bits per heavy atom. The van der Waals surface area contributed by atoms with E-state index in [2.05, 4.69) is 10.2 Å². The van der Waals surface area contributed by atoms with Gasteiger partial charge in [0.2, 0.25) is 0 Å². The molecule has 0 radical (unpaired) electrons. The van der Waals surface area contributed by atoms with Crippen molar-refractivity contribution in [3.05, 3.63) is 29.8 Å². The summed E-state index contributed by atoms with van der Waals surface area (Å²) in [5.41, 5.74) is 0.0102. The number of ether oxygens (including phenoxy) is 3. The molecule has 1 aliphatic rings. The third-order valence-electron chi connectivity index (χ3n) is 2.53. The summed E-state index contributed by atoms with van der Waals surface area (Å²) in [5, 5.41) is 8.18. The fourth-order valence-electron chi connectivity index (χ4n) is 1.77. The second-order valence-electron chi connectivity index (χ2n) is 4.24. The van der Waals surface area contributed by atoms with Gasteiger partial charge in [-0.3, -0.25) is 4.74 Å². The second-order valence-corrected chi connectivity index (χ2v) is 4.24. The molecule has 0 bridgehead atoms. The highest BCUT2D eigenvalue weighted by Gasteiger charge is 2.47. The maximum atomic E-state index is 5.78. The van der Waals surface area contributed by atoms with Crippen molar-refractivity contribution in [2.24, 2.45) is 10.2 Å². The van der Waals surface area contributed by atoms with Crippen LogP contribution >= 0.6 is 0 Å². The Kier molecular flexibility index (Phi) is 2.89. The van der Waals surface area contributed by atoms with E-state index in [0.717, 1.165) is 0 Å². The quantitative estimate of drug-likeness (QED) is 0.810. The third-order valence-corrected chi connectivity index (χ3v) is 2.53. The molecule has 1 aliphatic heterocycles. The van der Waals surface area contributed by atoms with Crippen LogP contribution in [0.3, 0.4) is 0 Å². The lowest BCUT2D eigenvalue weighted by molar-refractivity contribution is -0.248. The maximum Gasteiger partial charge on any atom is 0.321 e. The number of hydrogen-bond acceptors (Lipinski definition) is 5. The average molecular weight is 236 g/mol. The van der Waals surface area contributed by atoms with Gasteiger partial charge < -0.3 is 9.47 Å². The van der Waals surface area contributed by atoms with E-state index in [1.165, 1.54) is 7.11 Å². The minimum Gasteiger partial charge on any atom is -0.496 e. The molecule has 1 atom stereocenters. The maximum absolute atomic E-state index is 5.78. The predicted octanol–water partition coefficient (Wildman–Crippen LogP) is 2.67. The molecule has 5 heteroatoms. The number of azo groups is 1. The number of para-hydroxylation sites is 1. The Bertz CT molecular complexity index is 445. The minimum atomic E-state index is -1.21. The lowest BCUT2D eigenvalue weighted by Gasteiger charge is -2.27. The molecule has 0 saturated carbocycles. The Hall–Kier alpha value is -1.46. The van der Waals surface area contributed by atoms with Crippen molar-refractivity contribution >= 4 is 0 Å². The van der Waals surface area contributed by atoms with Crippen LogP contribution in [0.2, 0.25) is 0 Å². The highest BCUT2D eigenvalue weighted by molar-refractivity contribution is 5.37. The zero-order valence-corrected chi connectivity index (χ0v) is 10.4. The topological polar surface area (TPSA) is 52.4 Å². The number of nitrogens with zero attached hydrogens (tertiary/aromatic N) is 2. The molecule has 0 N–H and O–H groups in total. The molecule has 1 aromatic rings. The van der Waals surface area contributed by atoms with Crippen molar-refractivity contribution < 1.29 is 14.2 Å². The molecule has 1 heterocycles. The van der Waals surface area contributed by atoms with Crippen LogP contribution in [-0.4, -0.2) is 19.9 Å². The first kappa shape index (κ1) is 12.0. The van der Waals surface area contributed by atoms with Crippen LogP contribution in [0.25, 0.3) is 0 Å². The van der Waals surface area contributed by atoms with Crippen molar-refractivity contribution in [1.29, 1.82) is 0 Å². The highest BCUT2D eigenvalue weighted by atomic mass is 16.7. The molecule has 0 aliphatic carbocycles. The normalized spacial score (nSPS) is 26.1. The van der Waals surface area contributed by atoms with Gasteiger partial charge in [0.1, 0.15) is 5.75 Å². The van der Waals surface area contributed by atoms with Crippen LogP contribution < -0.4 is 4.74 Å². The van der Waals surface area contributed by atoms with Crippen LogP contribution in [0.5, 0.6) is 5.75 Å². The fourth-order valence-corrected chi connectivity index (χ4v) is 1.77. The van der Waals surface area contributed by atoms with E-state index in [9.17, 15) is 0 Å². The summed E-state index contributed by atoms with van der Waals surface area (Å²) >= 11 is 0. The SMILES string of the molecule is COc1ccccc1C1(OC)N=NC(C)(C)O1. The standard InChI is InChI=1S/C12H16N2O3/c1-11(2)13-14-12(16-4,17-11)9-7-5-6-8-10(9)15-3/h5-8H,1-4H3. The molecule has 17 heavy (non-hydrogen) atoms. The molecule has 92 valence electrons. The zero-order valence-electron chi connectivity index (χ0n) is 10.4. The van der Waals surface area contributed by atoms with Crippen molar-refractivity contribution in [2.45, 2.75) is 25.5 Å². The summed E-state index contributed by atoms with van der Waals surface area (Å²) in [4.78, 5) is 0. The third kappa shape index (κ3) is 2.03.